The number of halogens is 1. The van der Waals surface area contributed by atoms with Crippen LogP contribution in [0.3, 0.4) is 0 Å². The summed E-state index contributed by atoms with van der Waals surface area (Å²) in [5.74, 6) is -1.04. The summed E-state index contributed by atoms with van der Waals surface area (Å²) in [6.45, 7) is 5.29. The first-order valence-corrected chi connectivity index (χ1v) is 7.16. The van der Waals surface area contributed by atoms with Gasteiger partial charge < -0.3 is 15.7 Å². The summed E-state index contributed by atoms with van der Waals surface area (Å²) in [6, 6.07) is 4.95. The lowest BCUT2D eigenvalue weighted by Crippen LogP contribution is -2.53. The Morgan fingerprint density at radius 3 is 2.50 bits per heavy atom. The number of carbonyl (C=O) groups excluding carboxylic acids is 1. The normalized spacial score (nSPS) is 13.4. The molecule has 1 unspecified atom stereocenters. The van der Waals surface area contributed by atoms with E-state index in [1.54, 1.807) is 6.07 Å². The number of anilines is 1. The van der Waals surface area contributed by atoms with E-state index in [1.165, 1.54) is 6.92 Å². The first-order chi connectivity index (χ1) is 9.26. The molecule has 0 heterocycles. The number of amides is 2. The van der Waals surface area contributed by atoms with Gasteiger partial charge in [-0.1, -0.05) is 29.3 Å². The van der Waals surface area contributed by atoms with Crippen molar-refractivity contribution in [2.45, 2.75) is 39.2 Å². The number of hydrogen-bond donors (Lipinski definition) is 3. The van der Waals surface area contributed by atoms with E-state index >= 15 is 0 Å². The Balaban J connectivity index is 2.78. The smallest absolute Gasteiger partial charge is 0.329 e. The molecule has 3 N–H and O–H groups in total. The van der Waals surface area contributed by atoms with Crippen molar-refractivity contribution in [2.75, 3.05) is 5.32 Å². The van der Waals surface area contributed by atoms with Crippen LogP contribution in [0.2, 0.25) is 0 Å². The first kappa shape index (κ1) is 16.5. The second-order valence-electron chi connectivity index (χ2n) is 4.98. The quantitative estimate of drug-likeness (QED) is 0.765. The van der Waals surface area contributed by atoms with Crippen LogP contribution in [-0.2, 0) is 4.79 Å². The maximum atomic E-state index is 11.9. The van der Waals surface area contributed by atoms with Crippen molar-refractivity contribution >= 4 is 33.6 Å². The third kappa shape index (κ3) is 4.52. The van der Waals surface area contributed by atoms with Crippen LogP contribution in [0.5, 0.6) is 0 Å². The third-order valence-electron chi connectivity index (χ3n) is 2.91. The van der Waals surface area contributed by atoms with Crippen LogP contribution in [0.25, 0.3) is 0 Å². The summed E-state index contributed by atoms with van der Waals surface area (Å²) in [5.41, 5.74) is 0.336. The van der Waals surface area contributed by atoms with E-state index in [4.69, 9.17) is 0 Å². The van der Waals surface area contributed by atoms with Gasteiger partial charge in [-0.3, -0.25) is 0 Å². The predicted octanol–water partition coefficient (Wildman–Crippen LogP) is 3.52. The summed E-state index contributed by atoms with van der Waals surface area (Å²) in [6.07, 6.45) is 1.03. The average molecular weight is 343 g/mol. The Hall–Kier alpha value is -1.56. The van der Waals surface area contributed by atoms with E-state index in [1.807, 2.05) is 26.0 Å². The lowest BCUT2D eigenvalue weighted by atomic mass is 9.97. The number of aryl methyl sites for hydroxylation is 1. The van der Waals surface area contributed by atoms with Crippen molar-refractivity contribution in [1.29, 1.82) is 0 Å². The predicted molar refractivity (Wildman–Crippen MR) is 82.0 cm³/mol. The number of carboxylic acid groups (broad SMARTS) is 1. The van der Waals surface area contributed by atoms with Gasteiger partial charge in [0.1, 0.15) is 5.54 Å². The molecule has 0 spiro atoms. The fraction of sp³-hybridized carbons (Fsp3) is 0.429. The minimum absolute atomic E-state index is 0.368. The molecule has 0 saturated heterocycles. The molecule has 0 bridgehead atoms. The van der Waals surface area contributed by atoms with E-state index in [-0.39, 0.29) is 0 Å². The highest BCUT2D eigenvalue weighted by Crippen LogP contribution is 2.19. The van der Waals surface area contributed by atoms with Crippen molar-refractivity contribution in [3.8, 4) is 0 Å². The molecular formula is C14H19BrN2O3. The molecule has 0 aliphatic heterocycles. The Morgan fingerprint density at radius 2 is 2.00 bits per heavy atom. The van der Waals surface area contributed by atoms with E-state index in [9.17, 15) is 14.7 Å². The molecule has 0 radical (unpaired) electrons. The van der Waals surface area contributed by atoms with Gasteiger partial charge in [-0.05, 0) is 44.0 Å². The molecule has 0 aliphatic rings. The van der Waals surface area contributed by atoms with Gasteiger partial charge in [0.05, 0.1) is 0 Å². The highest BCUT2D eigenvalue weighted by atomic mass is 79.9. The minimum atomic E-state index is -1.26. The number of carbonyl (C=O) groups is 2. The zero-order valence-corrected chi connectivity index (χ0v) is 13.4. The highest BCUT2D eigenvalue weighted by Gasteiger charge is 2.33. The molecule has 1 rings (SSSR count). The molecule has 0 fully saturated rings. The number of hydrogen-bond acceptors (Lipinski definition) is 2. The third-order valence-corrected chi connectivity index (χ3v) is 3.37. The molecule has 2 amide bonds. The molecule has 0 aliphatic carbocycles. The maximum absolute atomic E-state index is 11.9. The van der Waals surface area contributed by atoms with Crippen molar-refractivity contribution in [2.24, 2.45) is 0 Å². The summed E-state index contributed by atoms with van der Waals surface area (Å²) in [7, 11) is 0. The summed E-state index contributed by atoms with van der Waals surface area (Å²) in [4.78, 5) is 23.2. The molecular weight excluding hydrogens is 324 g/mol. The summed E-state index contributed by atoms with van der Waals surface area (Å²) >= 11 is 3.35. The fourth-order valence-corrected chi connectivity index (χ4v) is 2.55. The topological polar surface area (TPSA) is 78.4 Å². The lowest BCUT2D eigenvalue weighted by molar-refractivity contribution is -0.143. The number of nitrogens with one attached hydrogen (secondary N) is 2. The van der Waals surface area contributed by atoms with E-state index in [0.29, 0.717) is 18.5 Å². The van der Waals surface area contributed by atoms with Gasteiger partial charge in [0.15, 0.2) is 0 Å². The number of benzene rings is 1. The number of urea groups is 1. The van der Waals surface area contributed by atoms with Crippen molar-refractivity contribution < 1.29 is 14.7 Å². The molecule has 1 aromatic carbocycles. The van der Waals surface area contributed by atoms with Gasteiger partial charge in [0.2, 0.25) is 0 Å². The lowest BCUT2D eigenvalue weighted by Gasteiger charge is -2.25. The van der Waals surface area contributed by atoms with E-state index < -0.39 is 17.5 Å². The van der Waals surface area contributed by atoms with Crippen LogP contribution in [0, 0.1) is 6.92 Å². The molecule has 0 saturated carbocycles. The van der Waals surface area contributed by atoms with Crippen LogP contribution in [0.1, 0.15) is 32.3 Å². The van der Waals surface area contributed by atoms with Gasteiger partial charge in [-0.15, -0.1) is 0 Å². The number of carboxylic acids is 1. The fourth-order valence-electron chi connectivity index (χ4n) is 1.94. The molecule has 1 aromatic rings. The van der Waals surface area contributed by atoms with Gasteiger partial charge >= 0.3 is 12.0 Å². The van der Waals surface area contributed by atoms with Crippen LogP contribution in [0.15, 0.2) is 22.7 Å². The van der Waals surface area contributed by atoms with Crippen LogP contribution < -0.4 is 10.6 Å². The zero-order valence-electron chi connectivity index (χ0n) is 11.8. The highest BCUT2D eigenvalue weighted by molar-refractivity contribution is 9.10. The molecule has 5 nitrogen and oxygen atoms in total. The van der Waals surface area contributed by atoms with Gasteiger partial charge in [-0.25, -0.2) is 9.59 Å². The van der Waals surface area contributed by atoms with E-state index in [2.05, 4.69) is 26.6 Å². The van der Waals surface area contributed by atoms with Crippen LogP contribution in [-0.4, -0.2) is 22.6 Å². The van der Waals surface area contributed by atoms with Gasteiger partial charge in [0, 0.05) is 10.2 Å². The van der Waals surface area contributed by atoms with Gasteiger partial charge in [0.25, 0.3) is 0 Å². The second-order valence-corrected chi connectivity index (χ2v) is 5.90. The van der Waals surface area contributed by atoms with Crippen molar-refractivity contribution in [3.05, 3.63) is 28.2 Å². The minimum Gasteiger partial charge on any atom is -0.480 e. The molecule has 0 aromatic heterocycles. The second kappa shape index (κ2) is 6.74. The Bertz CT molecular complexity index is 499. The Labute approximate surface area is 126 Å². The largest absolute Gasteiger partial charge is 0.480 e. The number of aliphatic carboxylic acids is 1. The zero-order chi connectivity index (χ0) is 15.3. The average Bonchev–Trinajstić information content (AvgIpc) is 2.26. The molecule has 110 valence electrons. The Morgan fingerprint density at radius 1 is 1.35 bits per heavy atom. The van der Waals surface area contributed by atoms with Crippen molar-refractivity contribution in [1.82, 2.24) is 5.32 Å². The Kier molecular flexibility index (Phi) is 5.56. The van der Waals surface area contributed by atoms with Gasteiger partial charge in [-0.2, -0.15) is 0 Å². The van der Waals surface area contributed by atoms with Crippen molar-refractivity contribution in [3.63, 3.8) is 0 Å². The SMILES string of the molecule is CCCC(C)(NC(=O)Nc1cc(C)cc(Br)c1)C(=O)O. The molecule has 20 heavy (non-hydrogen) atoms. The summed E-state index contributed by atoms with van der Waals surface area (Å²) in [5, 5.41) is 14.4. The van der Waals surface area contributed by atoms with Crippen LogP contribution in [0.4, 0.5) is 10.5 Å². The maximum Gasteiger partial charge on any atom is 0.329 e. The molecule has 6 heteroatoms. The standard InChI is InChI=1S/C14H19BrN2O3/c1-4-5-14(3,12(18)19)17-13(20)16-11-7-9(2)6-10(15)8-11/h6-8H,4-5H2,1-3H3,(H,18,19)(H2,16,17,20). The summed E-state index contributed by atoms with van der Waals surface area (Å²) < 4.78 is 0.849. The molecule has 1 atom stereocenters. The number of rotatable bonds is 5. The van der Waals surface area contributed by atoms with E-state index in [0.717, 1.165) is 10.0 Å². The monoisotopic (exact) mass is 342 g/mol. The first-order valence-electron chi connectivity index (χ1n) is 6.36. The van der Waals surface area contributed by atoms with Crippen LogP contribution >= 0.6 is 15.9 Å².